The van der Waals surface area contributed by atoms with Crippen LogP contribution in [0.1, 0.15) is 110 Å². The quantitative estimate of drug-likeness (QED) is 0.170. The molecule has 7 nitrogen and oxygen atoms in total. The molecule has 0 aromatic heterocycles. The van der Waals surface area contributed by atoms with Gasteiger partial charge < -0.3 is 26.0 Å². The summed E-state index contributed by atoms with van der Waals surface area (Å²) in [4.78, 5) is 20.4. The summed E-state index contributed by atoms with van der Waals surface area (Å²) >= 11 is 0. The Morgan fingerprint density at radius 1 is 0.607 bits per heavy atom. The van der Waals surface area contributed by atoms with E-state index in [4.69, 9.17) is 15.3 Å². The van der Waals surface area contributed by atoms with Crippen LogP contribution in [0.25, 0.3) is 0 Å². The van der Waals surface area contributed by atoms with Gasteiger partial charge in [-0.05, 0) is 6.42 Å². The molecule has 2 amide bonds. The summed E-state index contributed by atoms with van der Waals surface area (Å²) < 4.78 is 0. The van der Waals surface area contributed by atoms with Crippen LogP contribution in [-0.2, 0) is 4.79 Å². The molecule has 0 heterocycles. The second kappa shape index (κ2) is 25.7. The molecule has 0 bridgehead atoms. The molecule has 0 atom stereocenters. The summed E-state index contributed by atoms with van der Waals surface area (Å²) in [6.07, 6.45) is 20.2. The van der Waals surface area contributed by atoms with Gasteiger partial charge in [0, 0.05) is 6.42 Å². The van der Waals surface area contributed by atoms with Crippen LogP contribution in [0.15, 0.2) is 0 Å². The average molecular weight is 405 g/mol. The van der Waals surface area contributed by atoms with Gasteiger partial charge in [-0.15, -0.1) is 0 Å². The fraction of sp³-hybridized carbons (Fsp3) is 0.905. The van der Waals surface area contributed by atoms with Gasteiger partial charge in [0.1, 0.15) is 13.5 Å². The SMILES string of the molecule is CCCCCCCCCCCCCCCCCC(=O)O.O=C(NCO)NCO. The van der Waals surface area contributed by atoms with Gasteiger partial charge in [-0.2, -0.15) is 0 Å². The number of carbonyl (C=O) groups is 2. The maximum Gasteiger partial charge on any atom is 0.318 e. The lowest BCUT2D eigenvalue weighted by Crippen LogP contribution is -2.36. The third-order valence-corrected chi connectivity index (χ3v) is 4.47. The van der Waals surface area contributed by atoms with Crippen molar-refractivity contribution in [3.8, 4) is 0 Å². The van der Waals surface area contributed by atoms with Gasteiger partial charge >= 0.3 is 12.0 Å². The van der Waals surface area contributed by atoms with Crippen molar-refractivity contribution in [2.75, 3.05) is 13.5 Å². The summed E-state index contributed by atoms with van der Waals surface area (Å²) in [5, 5.41) is 28.5. The van der Waals surface area contributed by atoms with Gasteiger partial charge in [0.15, 0.2) is 0 Å². The molecular formula is C21H44N2O5. The van der Waals surface area contributed by atoms with Crippen LogP contribution >= 0.6 is 0 Å². The first kappa shape index (κ1) is 28.9. The van der Waals surface area contributed by atoms with Crippen molar-refractivity contribution in [2.45, 2.75) is 110 Å². The predicted octanol–water partition coefficient (Wildman–Crippen LogP) is 4.52. The minimum atomic E-state index is -0.653. The Bertz CT molecular complexity index is 333. The minimum Gasteiger partial charge on any atom is -0.481 e. The van der Waals surface area contributed by atoms with Crippen molar-refractivity contribution in [3.63, 3.8) is 0 Å². The number of amides is 2. The Hall–Kier alpha value is -1.34. The summed E-state index contributed by atoms with van der Waals surface area (Å²) in [5.74, 6) is -0.653. The number of urea groups is 1. The topological polar surface area (TPSA) is 119 Å². The summed E-state index contributed by atoms with van der Waals surface area (Å²) in [6.45, 7) is 1.42. The third kappa shape index (κ3) is 29.4. The van der Waals surface area contributed by atoms with E-state index in [-0.39, 0.29) is 0 Å². The Morgan fingerprint density at radius 3 is 1.21 bits per heavy atom. The van der Waals surface area contributed by atoms with E-state index >= 15 is 0 Å². The molecule has 0 aliphatic rings. The molecule has 5 N–H and O–H groups in total. The van der Waals surface area contributed by atoms with E-state index in [1.165, 1.54) is 83.5 Å². The van der Waals surface area contributed by atoms with E-state index in [1.807, 2.05) is 10.6 Å². The molecular weight excluding hydrogens is 360 g/mol. The monoisotopic (exact) mass is 404 g/mol. The predicted molar refractivity (Wildman–Crippen MR) is 113 cm³/mol. The molecule has 0 aromatic carbocycles. The first-order chi connectivity index (χ1) is 13.6. The molecule has 168 valence electrons. The number of carboxylic acids is 1. The lowest BCUT2D eigenvalue weighted by Gasteiger charge is -2.03. The van der Waals surface area contributed by atoms with Crippen molar-refractivity contribution in [1.29, 1.82) is 0 Å². The molecule has 0 saturated carbocycles. The number of carbonyl (C=O) groups excluding carboxylic acids is 1. The Morgan fingerprint density at radius 2 is 0.929 bits per heavy atom. The molecule has 0 aliphatic heterocycles. The summed E-state index contributed by atoms with van der Waals surface area (Å²) in [5.41, 5.74) is 0. The highest BCUT2D eigenvalue weighted by atomic mass is 16.4. The van der Waals surface area contributed by atoms with E-state index in [0.717, 1.165) is 12.8 Å². The standard InChI is InChI=1S/C18H36O2.C3H8N2O3/c1-2-3-4-5-6-7-8-9-10-11-12-13-14-15-16-17-18(19)20;6-1-4-3(8)5-2-7/h2-17H2,1H3,(H,19,20);6-7H,1-2H2,(H2,4,5,8). The number of aliphatic carboxylic acids is 1. The van der Waals surface area contributed by atoms with Crippen molar-refractivity contribution in [3.05, 3.63) is 0 Å². The van der Waals surface area contributed by atoms with Crippen LogP contribution in [0.2, 0.25) is 0 Å². The molecule has 0 saturated heterocycles. The number of aliphatic hydroxyl groups excluding tert-OH is 2. The highest BCUT2D eigenvalue weighted by Crippen LogP contribution is 2.13. The second-order valence-corrected chi connectivity index (χ2v) is 7.09. The number of hydrogen-bond donors (Lipinski definition) is 5. The molecule has 28 heavy (non-hydrogen) atoms. The lowest BCUT2D eigenvalue weighted by molar-refractivity contribution is -0.137. The maximum atomic E-state index is 10.3. The largest absolute Gasteiger partial charge is 0.481 e. The smallest absolute Gasteiger partial charge is 0.318 e. The van der Waals surface area contributed by atoms with E-state index in [2.05, 4.69) is 6.92 Å². The highest BCUT2D eigenvalue weighted by molar-refractivity contribution is 5.73. The molecule has 0 unspecified atom stereocenters. The Balaban J connectivity index is 0. The minimum absolute atomic E-state index is 0.345. The van der Waals surface area contributed by atoms with Crippen molar-refractivity contribution in [2.24, 2.45) is 0 Å². The number of nitrogens with one attached hydrogen (secondary N) is 2. The number of rotatable bonds is 18. The van der Waals surface area contributed by atoms with Gasteiger partial charge in [0.2, 0.25) is 0 Å². The number of aliphatic hydroxyl groups is 2. The van der Waals surface area contributed by atoms with E-state index in [9.17, 15) is 9.59 Å². The molecule has 0 aliphatic carbocycles. The van der Waals surface area contributed by atoms with E-state index < -0.39 is 25.5 Å². The van der Waals surface area contributed by atoms with Crippen LogP contribution < -0.4 is 10.6 Å². The third-order valence-electron chi connectivity index (χ3n) is 4.47. The van der Waals surface area contributed by atoms with Gasteiger partial charge in [0.25, 0.3) is 0 Å². The molecule has 0 rings (SSSR count). The lowest BCUT2D eigenvalue weighted by atomic mass is 10.0. The van der Waals surface area contributed by atoms with E-state index in [0.29, 0.717) is 6.42 Å². The number of hydrogen-bond acceptors (Lipinski definition) is 4. The zero-order valence-electron chi connectivity index (χ0n) is 17.9. The molecule has 0 aromatic rings. The van der Waals surface area contributed by atoms with Crippen molar-refractivity contribution >= 4 is 12.0 Å². The Kier molecular flexibility index (Phi) is 26.5. The Labute approximate surface area is 171 Å². The van der Waals surface area contributed by atoms with Crippen molar-refractivity contribution in [1.82, 2.24) is 10.6 Å². The molecule has 0 spiro atoms. The molecule has 7 heteroatoms. The summed E-state index contributed by atoms with van der Waals surface area (Å²) in [7, 11) is 0. The van der Waals surface area contributed by atoms with Gasteiger partial charge in [0.05, 0.1) is 0 Å². The van der Waals surface area contributed by atoms with Gasteiger partial charge in [-0.1, -0.05) is 96.8 Å². The fourth-order valence-electron chi connectivity index (χ4n) is 2.85. The van der Waals surface area contributed by atoms with Gasteiger partial charge in [-0.3, -0.25) is 4.79 Å². The highest BCUT2D eigenvalue weighted by Gasteiger charge is 1.97. The first-order valence-corrected chi connectivity index (χ1v) is 11.0. The fourth-order valence-corrected chi connectivity index (χ4v) is 2.85. The maximum absolute atomic E-state index is 10.3. The zero-order valence-corrected chi connectivity index (χ0v) is 17.9. The summed E-state index contributed by atoms with van der Waals surface area (Å²) in [6, 6.07) is -0.588. The average Bonchev–Trinajstić information content (AvgIpc) is 2.65. The zero-order chi connectivity index (χ0) is 21.3. The van der Waals surface area contributed by atoms with Gasteiger partial charge in [-0.25, -0.2) is 4.79 Å². The van der Waals surface area contributed by atoms with Crippen LogP contribution in [0.3, 0.4) is 0 Å². The van der Waals surface area contributed by atoms with Crippen molar-refractivity contribution < 1.29 is 24.9 Å². The molecule has 0 radical (unpaired) electrons. The van der Waals surface area contributed by atoms with Crippen LogP contribution in [0.5, 0.6) is 0 Å². The number of unbranched alkanes of at least 4 members (excludes halogenated alkanes) is 14. The number of carboxylic acid groups (broad SMARTS) is 1. The normalized spacial score (nSPS) is 10.1. The first-order valence-electron chi connectivity index (χ1n) is 11.0. The van der Waals surface area contributed by atoms with Crippen LogP contribution in [-0.4, -0.2) is 40.8 Å². The van der Waals surface area contributed by atoms with E-state index in [1.54, 1.807) is 0 Å². The van der Waals surface area contributed by atoms with Crippen LogP contribution in [0.4, 0.5) is 4.79 Å². The van der Waals surface area contributed by atoms with Crippen LogP contribution in [0, 0.1) is 0 Å². The molecule has 0 fully saturated rings. The second-order valence-electron chi connectivity index (χ2n) is 7.09.